The lowest BCUT2D eigenvalue weighted by atomic mass is 10.1. The van der Waals surface area contributed by atoms with Crippen LogP contribution in [-0.4, -0.2) is 57.5 Å². The van der Waals surface area contributed by atoms with Gasteiger partial charge >= 0.3 is 0 Å². The number of benzene rings is 2. The maximum absolute atomic E-state index is 12.7. The Morgan fingerprint density at radius 1 is 1.10 bits per heavy atom. The second-order valence-corrected chi connectivity index (χ2v) is 9.29. The number of hydrogen-bond acceptors (Lipinski definition) is 6. The molecule has 1 saturated heterocycles. The third kappa shape index (κ3) is 5.71. The number of amides is 1. The zero-order chi connectivity index (χ0) is 20.9. The normalized spacial score (nSPS) is 17.8. The molecule has 2 aromatic carbocycles. The van der Waals surface area contributed by atoms with Gasteiger partial charge in [0.15, 0.2) is 9.84 Å². The third-order valence-electron chi connectivity index (χ3n) is 5.00. The lowest BCUT2D eigenvalue weighted by Gasteiger charge is -2.27. The Morgan fingerprint density at radius 2 is 1.83 bits per heavy atom. The number of anilines is 1. The van der Waals surface area contributed by atoms with E-state index in [1.807, 2.05) is 41.3 Å². The van der Waals surface area contributed by atoms with E-state index in [1.54, 1.807) is 26.4 Å². The highest BCUT2D eigenvalue weighted by Crippen LogP contribution is 2.24. The average molecular weight is 419 g/mol. The van der Waals surface area contributed by atoms with E-state index in [0.717, 1.165) is 11.3 Å². The van der Waals surface area contributed by atoms with Crippen LogP contribution in [0.25, 0.3) is 0 Å². The number of rotatable bonds is 8. The Labute approximate surface area is 171 Å². The summed E-state index contributed by atoms with van der Waals surface area (Å²) < 4.78 is 34.4. The molecule has 1 fully saturated rings. The second kappa shape index (κ2) is 9.28. The molecule has 29 heavy (non-hydrogen) atoms. The summed E-state index contributed by atoms with van der Waals surface area (Å²) in [5, 5.41) is 2.87. The van der Waals surface area contributed by atoms with Gasteiger partial charge in [-0.3, -0.25) is 9.69 Å². The molecule has 3 rings (SSSR count). The first kappa shape index (κ1) is 21.1. The molecule has 1 unspecified atom stereocenters. The van der Waals surface area contributed by atoms with Gasteiger partial charge in [0.1, 0.15) is 11.5 Å². The lowest BCUT2D eigenvalue weighted by Crippen LogP contribution is -2.41. The zero-order valence-electron chi connectivity index (χ0n) is 16.6. The zero-order valence-corrected chi connectivity index (χ0v) is 17.4. The minimum Gasteiger partial charge on any atom is -0.497 e. The fraction of sp³-hybridized carbons (Fsp3) is 0.381. The highest BCUT2D eigenvalue weighted by Gasteiger charge is 2.33. The van der Waals surface area contributed by atoms with Crippen LogP contribution in [0.5, 0.6) is 11.5 Å². The smallest absolute Gasteiger partial charge is 0.238 e. The molecule has 1 heterocycles. The first-order valence-electron chi connectivity index (χ1n) is 9.40. The van der Waals surface area contributed by atoms with Crippen molar-refractivity contribution in [1.82, 2.24) is 4.90 Å². The predicted octanol–water partition coefficient (Wildman–Crippen LogP) is 2.33. The van der Waals surface area contributed by atoms with E-state index < -0.39 is 9.84 Å². The molecule has 0 spiro atoms. The molecule has 156 valence electrons. The molecule has 0 radical (unpaired) electrons. The Morgan fingerprint density at radius 3 is 2.45 bits per heavy atom. The van der Waals surface area contributed by atoms with Crippen LogP contribution < -0.4 is 14.8 Å². The maximum atomic E-state index is 12.7. The van der Waals surface area contributed by atoms with Gasteiger partial charge in [-0.2, -0.15) is 0 Å². The van der Waals surface area contributed by atoms with Crippen molar-refractivity contribution in [3.8, 4) is 11.5 Å². The van der Waals surface area contributed by atoms with E-state index in [4.69, 9.17) is 9.47 Å². The van der Waals surface area contributed by atoms with Crippen molar-refractivity contribution in [2.75, 3.05) is 37.6 Å². The van der Waals surface area contributed by atoms with Crippen molar-refractivity contribution in [1.29, 1.82) is 0 Å². The van der Waals surface area contributed by atoms with Crippen LogP contribution >= 0.6 is 0 Å². The quantitative estimate of drug-likeness (QED) is 0.708. The first-order valence-corrected chi connectivity index (χ1v) is 11.2. The lowest BCUT2D eigenvalue weighted by molar-refractivity contribution is -0.117. The summed E-state index contributed by atoms with van der Waals surface area (Å²) in [6.45, 7) is 0.563. The monoisotopic (exact) mass is 418 g/mol. The van der Waals surface area contributed by atoms with Gasteiger partial charge in [-0.15, -0.1) is 0 Å². The van der Waals surface area contributed by atoms with Crippen molar-refractivity contribution in [2.24, 2.45) is 0 Å². The van der Waals surface area contributed by atoms with Crippen molar-refractivity contribution >= 4 is 21.4 Å². The van der Waals surface area contributed by atoms with E-state index in [1.165, 1.54) is 0 Å². The molecule has 1 N–H and O–H groups in total. The summed E-state index contributed by atoms with van der Waals surface area (Å²) in [6.07, 6.45) is 0.528. The fourth-order valence-corrected chi connectivity index (χ4v) is 5.23. The summed E-state index contributed by atoms with van der Waals surface area (Å²) in [5.74, 6) is 1.34. The summed E-state index contributed by atoms with van der Waals surface area (Å²) in [7, 11) is 0.0879. The van der Waals surface area contributed by atoms with Gasteiger partial charge in [0, 0.05) is 12.6 Å². The number of hydrogen-bond donors (Lipinski definition) is 1. The van der Waals surface area contributed by atoms with Crippen molar-refractivity contribution in [2.45, 2.75) is 19.0 Å². The third-order valence-corrected chi connectivity index (χ3v) is 6.75. The molecule has 0 aliphatic carbocycles. The standard InChI is InChI=1S/C21H26N2O5S/c1-27-18-9-7-16(8-10-18)13-23(17-11-12-29(25,26)15-17)14-21(24)22-19-5-3-4-6-20(19)28-2/h3-10,17H,11-15H2,1-2H3,(H,22,24). The van der Waals surface area contributed by atoms with Crippen molar-refractivity contribution in [3.63, 3.8) is 0 Å². The van der Waals surface area contributed by atoms with Crippen LogP contribution in [0, 0.1) is 0 Å². The molecule has 8 heteroatoms. The molecule has 2 aromatic rings. The SMILES string of the molecule is COc1ccc(CN(CC(=O)Nc2ccccc2OC)C2CCS(=O)(=O)C2)cc1. The molecule has 1 aliphatic heterocycles. The van der Waals surface area contributed by atoms with Crippen molar-refractivity contribution < 1.29 is 22.7 Å². The van der Waals surface area contributed by atoms with Crippen LogP contribution in [0.15, 0.2) is 48.5 Å². The van der Waals surface area contributed by atoms with Gasteiger partial charge < -0.3 is 14.8 Å². The minimum atomic E-state index is -3.06. The summed E-state index contributed by atoms with van der Waals surface area (Å²) in [4.78, 5) is 14.6. The van der Waals surface area contributed by atoms with Crippen LogP contribution in [0.3, 0.4) is 0 Å². The van der Waals surface area contributed by atoms with Gasteiger partial charge in [-0.25, -0.2) is 8.42 Å². The predicted molar refractivity (Wildman–Crippen MR) is 112 cm³/mol. The Bertz CT molecular complexity index is 944. The van der Waals surface area contributed by atoms with E-state index in [2.05, 4.69) is 5.32 Å². The maximum Gasteiger partial charge on any atom is 0.238 e. The highest BCUT2D eigenvalue weighted by molar-refractivity contribution is 7.91. The summed E-state index contributed by atoms with van der Waals surface area (Å²) in [5.41, 5.74) is 1.57. The topological polar surface area (TPSA) is 84.9 Å². The van der Waals surface area contributed by atoms with E-state index in [9.17, 15) is 13.2 Å². The molecule has 7 nitrogen and oxygen atoms in total. The number of ether oxygens (including phenoxy) is 2. The number of sulfone groups is 1. The summed E-state index contributed by atoms with van der Waals surface area (Å²) >= 11 is 0. The van der Waals surface area contributed by atoms with Crippen LogP contribution in [0.2, 0.25) is 0 Å². The number of para-hydroxylation sites is 2. The van der Waals surface area contributed by atoms with Gasteiger partial charge in [0.25, 0.3) is 0 Å². The Kier molecular flexibility index (Phi) is 6.76. The molecule has 1 aliphatic rings. The number of nitrogens with one attached hydrogen (secondary N) is 1. The highest BCUT2D eigenvalue weighted by atomic mass is 32.2. The molecule has 1 atom stereocenters. The number of methoxy groups -OCH3 is 2. The molecular formula is C21H26N2O5S. The largest absolute Gasteiger partial charge is 0.497 e. The number of nitrogens with zero attached hydrogens (tertiary/aromatic N) is 1. The molecule has 0 saturated carbocycles. The Hall–Kier alpha value is -2.58. The molecule has 1 amide bonds. The van der Waals surface area contributed by atoms with Gasteiger partial charge in [0.05, 0.1) is 38.0 Å². The number of carbonyl (C=O) groups excluding carboxylic acids is 1. The molecular weight excluding hydrogens is 392 g/mol. The van der Waals surface area contributed by atoms with Crippen LogP contribution in [0.1, 0.15) is 12.0 Å². The molecule has 0 bridgehead atoms. The van der Waals surface area contributed by atoms with E-state index >= 15 is 0 Å². The van der Waals surface area contributed by atoms with E-state index in [0.29, 0.717) is 24.4 Å². The van der Waals surface area contributed by atoms with Crippen LogP contribution in [0.4, 0.5) is 5.69 Å². The number of carbonyl (C=O) groups is 1. The Balaban J connectivity index is 1.74. The van der Waals surface area contributed by atoms with Gasteiger partial charge in [-0.05, 0) is 36.2 Å². The van der Waals surface area contributed by atoms with Gasteiger partial charge in [0.2, 0.25) is 5.91 Å². The summed E-state index contributed by atoms with van der Waals surface area (Å²) in [6, 6.07) is 14.6. The van der Waals surface area contributed by atoms with E-state index in [-0.39, 0.29) is 30.0 Å². The van der Waals surface area contributed by atoms with Gasteiger partial charge in [-0.1, -0.05) is 24.3 Å². The first-order chi connectivity index (χ1) is 13.9. The minimum absolute atomic E-state index is 0.0745. The van der Waals surface area contributed by atoms with Crippen molar-refractivity contribution in [3.05, 3.63) is 54.1 Å². The average Bonchev–Trinajstić information content (AvgIpc) is 3.08. The van der Waals surface area contributed by atoms with Crippen LogP contribution in [-0.2, 0) is 21.2 Å². The second-order valence-electron chi connectivity index (χ2n) is 7.06. The fourth-order valence-electron chi connectivity index (χ4n) is 3.47. The molecule has 0 aromatic heterocycles.